The molecule has 1 heterocycles. The SMILES string of the molecule is Cc1ccc(C2(c3ccc(C)cc3)OC(=O)c3cc4ccccc4cc32)cc1. The number of carbonyl (C=O) groups is 1. The lowest BCUT2D eigenvalue weighted by Crippen LogP contribution is -2.29. The first-order valence-electron chi connectivity index (χ1n) is 9.49. The maximum Gasteiger partial charge on any atom is 0.340 e. The molecule has 0 unspecified atom stereocenters. The Morgan fingerprint density at radius 3 is 1.71 bits per heavy atom. The van der Waals surface area contributed by atoms with Crippen LogP contribution in [0.3, 0.4) is 0 Å². The molecule has 0 N–H and O–H groups in total. The van der Waals surface area contributed by atoms with Crippen LogP contribution in [0.4, 0.5) is 0 Å². The van der Waals surface area contributed by atoms with Gasteiger partial charge in [-0.2, -0.15) is 0 Å². The fourth-order valence-corrected chi connectivity index (χ4v) is 4.12. The van der Waals surface area contributed by atoms with Crippen molar-refractivity contribution in [1.82, 2.24) is 0 Å². The van der Waals surface area contributed by atoms with Crippen LogP contribution >= 0.6 is 0 Å². The van der Waals surface area contributed by atoms with E-state index in [1.807, 2.05) is 24.3 Å². The summed E-state index contributed by atoms with van der Waals surface area (Å²) in [5.74, 6) is -0.276. The Kier molecular flexibility index (Phi) is 3.63. The predicted octanol–water partition coefficient (Wildman–Crippen LogP) is 5.92. The van der Waals surface area contributed by atoms with Crippen molar-refractivity contribution in [2.45, 2.75) is 19.4 Å². The van der Waals surface area contributed by atoms with E-state index < -0.39 is 5.60 Å². The summed E-state index contributed by atoms with van der Waals surface area (Å²) in [6.07, 6.45) is 0. The number of ether oxygens (including phenoxy) is 1. The number of hydrogen-bond donors (Lipinski definition) is 0. The second-order valence-electron chi connectivity index (χ2n) is 7.55. The average molecular weight is 364 g/mol. The van der Waals surface area contributed by atoms with Crippen LogP contribution in [0.1, 0.15) is 38.2 Å². The van der Waals surface area contributed by atoms with Crippen molar-refractivity contribution >= 4 is 16.7 Å². The Hall–Kier alpha value is -3.39. The summed E-state index contributed by atoms with van der Waals surface area (Å²) in [5.41, 5.74) is 4.88. The molecule has 5 rings (SSSR count). The van der Waals surface area contributed by atoms with Crippen LogP contribution < -0.4 is 0 Å². The van der Waals surface area contributed by atoms with Crippen molar-refractivity contribution in [2.24, 2.45) is 0 Å². The normalized spacial score (nSPS) is 14.7. The summed E-state index contributed by atoms with van der Waals surface area (Å²) < 4.78 is 6.20. The van der Waals surface area contributed by atoms with Crippen molar-refractivity contribution in [1.29, 1.82) is 0 Å². The zero-order valence-corrected chi connectivity index (χ0v) is 15.9. The molecule has 0 saturated carbocycles. The van der Waals surface area contributed by atoms with Crippen molar-refractivity contribution in [2.75, 3.05) is 0 Å². The fourth-order valence-electron chi connectivity index (χ4n) is 4.12. The molecule has 2 heteroatoms. The molecule has 1 aliphatic heterocycles. The molecular weight excluding hydrogens is 344 g/mol. The van der Waals surface area contributed by atoms with Crippen LogP contribution in [0.15, 0.2) is 84.9 Å². The minimum atomic E-state index is -0.933. The molecule has 2 nitrogen and oxygen atoms in total. The number of esters is 1. The molecule has 4 aromatic carbocycles. The minimum Gasteiger partial charge on any atom is -0.441 e. The van der Waals surface area contributed by atoms with E-state index in [9.17, 15) is 4.79 Å². The van der Waals surface area contributed by atoms with Gasteiger partial charge in [0.25, 0.3) is 0 Å². The maximum atomic E-state index is 13.0. The minimum absolute atomic E-state index is 0.276. The Bertz CT molecular complexity index is 1160. The smallest absolute Gasteiger partial charge is 0.340 e. The number of cyclic esters (lactones) is 1. The fraction of sp³-hybridized carbons (Fsp3) is 0.115. The number of aryl methyl sites for hydroxylation is 2. The van der Waals surface area contributed by atoms with E-state index >= 15 is 0 Å². The van der Waals surface area contributed by atoms with Crippen molar-refractivity contribution in [3.05, 3.63) is 118 Å². The van der Waals surface area contributed by atoms with Crippen molar-refractivity contribution < 1.29 is 9.53 Å². The first-order chi connectivity index (χ1) is 13.6. The van der Waals surface area contributed by atoms with Gasteiger partial charge >= 0.3 is 5.97 Å². The van der Waals surface area contributed by atoms with E-state index in [1.54, 1.807) is 0 Å². The summed E-state index contributed by atoms with van der Waals surface area (Å²) in [6.45, 7) is 4.12. The molecular formula is C26H20O2. The molecule has 0 spiro atoms. The van der Waals surface area contributed by atoms with E-state index in [0.717, 1.165) is 27.5 Å². The third-order valence-electron chi connectivity index (χ3n) is 5.65. The van der Waals surface area contributed by atoms with E-state index in [2.05, 4.69) is 74.5 Å². The lowest BCUT2D eigenvalue weighted by molar-refractivity contribution is 0.0251. The molecule has 0 saturated heterocycles. The van der Waals surface area contributed by atoms with Gasteiger partial charge in [-0.1, -0.05) is 83.9 Å². The third-order valence-corrected chi connectivity index (χ3v) is 5.65. The van der Waals surface area contributed by atoms with Gasteiger partial charge in [0, 0.05) is 16.7 Å². The van der Waals surface area contributed by atoms with E-state index in [0.29, 0.717) is 5.56 Å². The molecule has 0 atom stereocenters. The highest BCUT2D eigenvalue weighted by Crippen LogP contribution is 2.48. The molecule has 0 aliphatic carbocycles. The number of carbonyl (C=O) groups excluding carboxylic acids is 1. The van der Waals surface area contributed by atoms with Gasteiger partial charge in [0.1, 0.15) is 0 Å². The lowest BCUT2D eigenvalue weighted by Gasteiger charge is -2.30. The summed E-state index contributed by atoms with van der Waals surface area (Å²) in [5, 5.41) is 2.14. The van der Waals surface area contributed by atoms with Crippen LogP contribution in [0.2, 0.25) is 0 Å². The van der Waals surface area contributed by atoms with Crippen LogP contribution in [-0.2, 0) is 10.3 Å². The average Bonchev–Trinajstić information content (AvgIpc) is 3.00. The van der Waals surface area contributed by atoms with Gasteiger partial charge in [0.05, 0.1) is 5.56 Å². The first kappa shape index (κ1) is 16.8. The molecule has 1 aliphatic rings. The molecule has 28 heavy (non-hydrogen) atoms. The first-order valence-corrected chi connectivity index (χ1v) is 9.49. The van der Waals surface area contributed by atoms with Gasteiger partial charge in [-0.05, 0) is 36.8 Å². The van der Waals surface area contributed by atoms with E-state index in [1.165, 1.54) is 11.1 Å². The summed E-state index contributed by atoms with van der Waals surface area (Å²) in [6, 6.07) is 28.7. The lowest BCUT2D eigenvalue weighted by atomic mass is 9.79. The van der Waals surface area contributed by atoms with Gasteiger partial charge in [0.15, 0.2) is 5.60 Å². The zero-order valence-electron chi connectivity index (χ0n) is 15.9. The second-order valence-corrected chi connectivity index (χ2v) is 7.55. The Morgan fingerprint density at radius 2 is 1.18 bits per heavy atom. The highest BCUT2D eigenvalue weighted by molar-refractivity contribution is 6.01. The van der Waals surface area contributed by atoms with Crippen molar-refractivity contribution in [3.63, 3.8) is 0 Å². The second kappa shape index (κ2) is 6.07. The molecule has 136 valence electrons. The summed E-state index contributed by atoms with van der Waals surface area (Å²) >= 11 is 0. The molecule has 0 amide bonds. The van der Waals surface area contributed by atoms with Gasteiger partial charge < -0.3 is 4.74 Å². The van der Waals surface area contributed by atoms with Crippen molar-refractivity contribution in [3.8, 4) is 0 Å². The maximum absolute atomic E-state index is 13.0. The summed E-state index contributed by atoms with van der Waals surface area (Å²) in [4.78, 5) is 13.0. The van der Waals surface area contributed by atoms with E-state index in [-0.39, 0.29) is 5.97 Å². The number of rotatable bonds is 2. The molecule has 0 fully saturated rings. The Morgan fingerprint density at radius 1 is 0.679 bits per heavy atom. The molecule has 0 bridgehead atoms. The zero-order chi connectivity index (χ0) is 19.3. The highest BCUT2D eigenvalue weighted by Gasteiger charge is 2.48. The highest BCUT2D eigenvalue weighted by atomic mass is 16.6. The molecule has 0 aromatic heterocycles. The standard InChI is InChI=1S/C26H20O2/c1-17-7-11-21(12-8-17)26(22-13-9-18(2)10-14-22)24-16-20-6-4-3-5-19(20)15-23(24)25(27)28-26/h3-16H,1-2H3. The van der Waals surface area contributed by atoms with E-state index in [4.69, 9.17) is 4.74 Å². The third kappa shape index (κ3) is 2.38. The van der Waals surface area contributed by atoms with Gasteiger partial charge in [-0.25, -0.2) is 4.79 Å². The van der Waals surface area contributed by atoms with Gasteiger partial charge in [0.2, 0.25) is 0 Å². The van der Waals surface area contributed by atoms with Crippen LogP contribution in [-0.4, -0.2) is 5.97 Å². The largest absolute Gasteiger partial charge is 0.441 e. The topological polar surface area (TPSA) is 26.3 Å². The Balaban J connectivity index is 1.86. The van der Waals surface area contributed by atoms with Crippen LogP contribution in [0.25, 0.3) is 10.8 Å². The Labute approximate surface area is 164 Å². The predicted molar refractivity (Wildman–Crippen MR) is 112 cm³/mol. The van der Waals surface area contributed by atoms with Gasteiger partial charge in [-0.3, -0.25) is 0 Å². The number of fused-ring (bicyclic) bond motifs is 2. The number of benzene rings is 4. The molecule has 4 aromatic rings. The van der Waals surface area contributed by atoms with Crippen LogP contribution in [0, 0.1) is 13.8 Å². The number of hydrogen-bond acceptors (Lipinski definition) is 2. The summed E-state index contributed by atoms with van der Waals surface area (Å²) in [7, 11) is 0. The monoisotopic (exact) mass is 364 g/mol. The quantitative estimate of drug-likeness (QED) is 0.413. The van der Waals surface area contributed by atoms with Crippen LogP contribution in [0.5, 0.6) is 0 Å². The van der Waals surface area contributed by atoms with Gasteiger partial charge in [-0.15, -0.1) is 0 Å². The molecule has 0 radical (unpaired) electrons.